The lowest BCUT2D eigenvalue weighted by atomic mass is 10.2. The Morgan fingerprint density at radius 2 is 2.00 bits per heavy atom. The molecule has 1 amide bonds. The Balaban J connectivity index is 2.73. The zero-order valence-electron chi connectivity index (χ0n) is 8.92. The first kappa shape index (κ1) is 10.1. The highest BCUT2D eigenvalue weighted by atomic mass is 16.5. The summed E-state index contributed by atoms with van der Waals surface area (Å²) < 4.78 is 5.65. The van der Waals surface area contributed by atoms with Crippen molar-refractivity contribution in [3.05, 3.63) is 11.8 Å². The summed E-state index contributed by atoms with van der Waals surface area (Å²) in [5.41, 5.74) is -0.231. The highest BCUT2D eigenvalue weighted by Gasteiger charge is 2.29. The van der Waals surface area contributed by atoms with Crippen molar-refractivity contribution in [2.75, 3.05) is 7.05 Å². The van der Waals surface area contributed by atoms with Crippen molar-refractivity contribution in [1.29, 1.82) is 0 Å². The molecule has 0 aliphatic carbocycles. The summed E-state index contributed by atoms with van der Waals surface area (Å²) in [6, 6.07) is 0.0618. The molecule has 1 heterocycles. The van der Waals surface area contributed by atoms with E-state index in [1.54, 1.807) is 18.0 Å². The maximum Gasteiger partial charge on any atom is 0.250 e. The molecule has 0 fully saturated rings. The third kappa shape index (κ3) is 2.23. The zero-order chi connectivity index (χ0) is 10.2. The molecule has 74 valence electrons. The summed E-state index contributed by atoms with van der Waals surface area (Å²) in [7, 11) is 1.78. The van der Waals surface area contributed by atoms with Crippen LogP contribution in [0.5, 0.6) is 0 Å². The molecule has 0 saturated heterocycles. The summed E-state index contributed by atoms with van der Waals surface area (Å²) in [6.45, 7) is 7.89. The Morgan fingerprint density at radius 1 is 1.46 bits per heavy atom. The molecule has 1 aliphatic rings. The number of carbonyl (C=O) groups is 1. The van der Waals surface area contributed by atoms with Crippen molar-refractivity contribution in [3.8, 4) is 0 Å². The van der Waals surface area contributed by atoms with Gasteiger partial charge in [0.1, 0.15) is 11.4 Å². The van der Waals surface area contributed by atoms with Crippen LogP contribution in [0.2, 0.25) is 0 Å². The van der Waals surface area contributed by atoms with E-state index in [2.05, 4.69) is 0 Å². The molecule has 13 heavy (non-hydrogen) atoms. The number of hydrogen-bond donors (Lipinski definition) is 0. The Morgan fingerprint density at radius 3 is 2.31 bits per heavy atom. The molecule has 0 saturated carbocycles. The summed E-state index contributed by atoms with van der Waals surface area (Å²) in [5, 5.41) is 0. The van der Waals surface area contributed by atoms with Gasteiger partial charge in [-0.2, -0.15) is 0 Å². The van der Waals surface area contributed by atoms with Crippen LogP contribution in [0.3, 0.4) is 0 Å². The summed E-state index contributed by atoms with van der Waals surface area (Å²) in [6.07, 6.45) is 1.57. The maximum absolute atomic E-state index is 11.3. The first-order valence-corrected chi connectivity index (χ1v) is 4.48. The molecule has 0 N–H and O–H groups in total. The van der Waals surface area contributed by atoms with Crippen LogP contribution in [0, 0.1) is 0 Å². The van der Waals surface area contributed by atoms with Gasteiger partial charge in [0.05, 0.1) is 6.04 Å². The molecule has 1 rings (SSSR count). The van der Waals surface area contributed by atoms with Gasteiger partial charge in [-0.3, -0.25) is 4.79 Å². The average molecular weight is 183 g/mol. The second kappa shape index (κ2) is 3.05. The lowest BCUT2D eigenvalue weighted by Crippen LogP contribution is -2.31. The largest absolute Gasteiger partial charge is 0.490 e. The van der Waals surface area contributed by atoms with Crippen molar-refractivity contribution >= 4 is 5.91 Å². The maximum atomic E-state index is 11.3. The van der Waals surface area contributed by atoms with E-state index in [4.69, 9.17) is 4.74 Å². The first-order chi connectivity index (χ1) is 5.81. The van der Waals surface area contributed by atoms with Crippen LogP contribution in [-0.2, 0) is 9.53 Å². The van der Waals surface area contributed by atoms with Crippen LogP contribution >= 0.6 is 0 Å². The van der Waals surface area contributed by atoms with E-state index in [1.807, 2.05) is 27.7 Å². The van der Waals surface area contributed by atoms with Crippen molar-refractivity contribution < 1.29 is 9.53 Å². The van der Waals surface area contributed by atoms with Gasteiger partial charge in [0.15, 0.2) is 0 Å². The highest BCUT2D eigenvalue weighted by Crippen LogP contribution is 2.23. The summed E-state index contributed by atoms with van der Waals surface area (Å²) >= 11 is 0. The van der Waals surface area contributed by atoms with Crippen LogP contribution in [0.1, 0.15) is 27.7 Å². The van der Waals surface area contributed by atoms with Crippen LogP contribution in [0.15, 0.2) is 11.8 Å². The molecule has 0 aromatic heterocycles. The standard InChI is InChI=1S/C10H17NO2/c1-7-8(13-10(2,3)4)6-9(12)11(7)5/h6-7H,1-5H3/t7-/m1/s1. The zero-order valence-corrected chi connectivity index (χ0v) is 8.92. The van der Waals surface area contributed by atoms with Crippen LogP contribution in [-0.4, -0.2) is 29.5 Å². The molecule has 0 bridgehead atoms. The van der Waals surface area contributed by atoms with Gasteiger partial charge in [-0.05, 0) is 27.7 Å². The Kier molecular flexibility index (Phi) is 2.37. The number of likely N-dealkylation sites (N-methyl/N-ethyl adjacent to an activating group) is 1. The van der Waals surface area contributed by atoms with E-state index in [9.17, 15) is 4.79 Å². The molecule has 0 aromatic carbocycles. The molecule has 3 nitrogen and oxygen atoms in total. The first-order valence-electron chi connectivity index (χ1n) is 4.48. The van der Waals surface area contributed by atoms with E-state index in [0.29, 0.717) is 0 Å². The van der Waals surface area contributed by atoms with E-state index in [-0.39, 0.29) is 17.6 Å². The highest BCUT2D eigenvalue weighted by molar-refractivity contribution is 5.91. The Labute approximate surface area is 79.4 Å². The van der Waals surface area contributed by atoms with Gasteiger partial charge in [0.2, 0.25) is 5.91 Å². The molecule has 3 heteroatoms. The van der Waals surface area contributed by atoms with E-state index in [0.717, 1.165) is 5.76 Å². The molecule has 0 radical (unpaired) electrons. The fourth-order valence-corrected chi connectivity index (χ4v) is 1.19. The molecule has 0 aromatic rings. The van der Waals surface area contributed by atoms with Gasteiger partial charge in [0.25, 0.3) is 0 Å². The van der Waals surface area contributed by atoms with Crippen molar-refractivity contribution in [2.45, 2.75) is 39.3 Å². The van der Waals surface area contributed by atoms with Crippen molar-refractivity contribution in [1.82, 2.24) is 4.90 Å². The number of carbonyl (C=O) groups excluding carboxylic acids is 1. The second-order valence-corrected chi connectivity index (χ2v) is 4.39. The van der Waals surface area contributed by atoms with E-state index < -0.39 is 0 Å². The lowest BCUT2D eigenvalue weighted by molar-refractivity contribution is -0.124. The normalized spacial score (nSPS) is 23.5. The summed E-state index contributed by atoms with van der Waals surface area (Å²) in [5.74, 6) is 0.784. The molecule has 1 aliphatic heterocycles. The van der Waals surface area contributed by atoms with Gasteiger partial charge in [-0.25, -0.2) is 0 Å². The van der Waals surface area contributed by atoms with Crippen molar-refractivity contribution in [3.63, 3.8) is 0 Å². The molecule has 1 atom stereocenters. The summed E-state index contributed by atoms with van der Waals surface area (Å²) in [4.78, 5) is 12.9. The third-order valence-electron chi connectivity index (χ3n) is 2.03. The fourth-order valence-electron chi connectivity index (χ4n) is 1.19. The molecular formula is C10H17NO2. The number of ether oxygens (including phenoxy) is 1. The van der Waals surface area contributed by atoms with Gasteiger partial charge in [-0.1, -0.05) is 0 Å². The van der Waals surface area contributed by atoms with Gasteiger partial charge >= 0.3 is 0 Å². The fraction of sp³-hybridized carbons (Fsp3) is 0.700. The topological polar surface area (TPSA) is 29.5 Å². The Hall–Kier alpha value is -0.990. The van der Waals surface area contributed by atoms with Gasteiger partial charge in [-0.15, -0.1) is 0 Å². The quantitative estimate of drug-likeness (QED) is 0.617. The van der Waals surface area contributed by atoms with Gasteiger partial charge in [0, 0.05) is 13.1 Å². The van der Waals surface area contributed by atoms with E-state index >= 15 is 0 Å². The Bertz CT molecular complexity index is 250. The molecule has 0 unspecified atom stereocenters. The van der Waals surface area contributed by atoms with Crippen LogP contribution < -0.4 is 0 Å². The molecule has 0 spiro atoms. The number of hydrogen-bond acceptors (Lipinski definition) is 2. The van der Waals surface area contributed by atoms with E-state index in [1.165, 1.54) is 0 Å². The van der Waals surface area contributed by atoms with Gasteiger partial charge < -0.3 is 9.64 Å². The minimum absolute atomic E-state index is 0.0201. The van der Waals surface area contributed by atoms with Crippen molar-refractivity contribution in [2.24, 2.45) is 0 Å². The number of rotatable bonds is 1. The van der Waals surface area contributed by atoms with Crippen LogP contribution in [0.25, 0.3) is 0 Å². The SMILES string of the molecule is C[C@@H]1C(OC(C)(C)C)=CC(=O)N1C. The smallest absolute Gasteiger partial charge is 0.250 e. The minimum Gasteiger partial charge on any atom is -0.490 e. The minimum atomic E-state index is -0.231. The second-order valence-electron chi connectivity index (χ2n) is 4.39. The number of nitrogens with zero attached hydrogens (tertiary/aromatic N) is 1. The lowest BCUT2D eigenvalue weighted by Gasteiger charge is -2.26. The average Bonchev–Trinajstić information content (AvgIpc) is 2.15. The number of amides is 1. The molecular weight excluding hydrogens is 166 g/mol. The predicted octanol–water partition coefficient (Wildman–Crippen LogP) is 1.55. The predicted molar refractivity (Wildman–Crippen MR) is 51.2 cm³/mol. The monoisotopic (exact) mass is 183 g/mol. The van der Waals surface area contributed by atoms with Crippen LogP contribution in [0.4, 0.5) is 0 Å². The third-order valence-corrected chi connectivity index (χ3v) is 2.03.